The number of H-pyrrole nitrogens is 1. The number of fused-ring (bicyclic) bond motifs is 2. The number of aryl methyl sites for hydroxylation is 2. The van der Waals surface area contributed by atoms with Crippen LogP contribution in [0.1, 0.15) is 16.7 Å². The summed E-state index contributed by atoms with van der Waals surface area (Å²) >= 11 is 0. The molecule has 4 aromatic rings. The second-order valence-electron chi connectivity index (χ2n) is 6.79. The number of ether oxygens (including phenoxy) is 1. The van der Waals surface area contributed by atoms with Crippen LogP contribution in [0.5, 0.6) is 5.75 Å². The Morgan fingerprint density at radius 2 is 1.86 bits per heavy atom. The van der Waals surface area contributed by atoms with Gasteiger partial charge in [0.05, 0.1) is 5.69 Å². The van der Waals surface area contributed by atoms with E-state index in [1.165, 1.54) is 0 Å². The first-order valence-corrected chi connectivity index (χ1v) is 8.98. The van der Waals surface area contributed by atoms with Crippen molar-refractivity contribution >= 4 is 33.5 Å². The quantitative estimate of drug-likeness (QED) is 0.522. The number of anilines is 1. The molecule has 1 amide bonds. The molecule has 2 aromatic carbocycles. The van der Waals surface area contributed by atoms with Gasteiger partial charge in [-0.1, -0.05) is 6.07 Å². The molecular weight excluding hydrogens is 356 g/mol. The Labute approximate surface area is 161 Å². The highest BCUT2D eigenvalue weighted by atomic mass is 16.5. The van der Waals surface area contributed by atoms with Crippen LogP contribution in [0.15, 0.2) is 51.8 Å². The third kappa shape index (κ3) is 3.03. The average molecular weight is 376 g/mol. The van der Waals surface area contributed by atoms with E-state index in [0.29, 0.717) is 22.5 Å². The Balaban J connectivity index is 1.55. The maximum Gasteiger partial charge on any atom is 0.339 e. The summed E-state index contributed by atoms with van der Waals surface area (Å²) in [5.74, 6) is 0.239. The molecule has 142 valence electrons. The molecule has 28 heavy (non-hydrogen) atoms. The lowest BCUT2D eigenvalue weighted by atomic mass is 10.0. The summed E-state index contributed by atoms with van der Waals surface area (Å²) in [7, 11) is 0. The summed E-state index contributed by atoms with van der Waals surface area (Å²) < 4.78 is 11.1. The third-order valence-corrected chi connectivity index (χ3v) is 5.05. The summed E-state index contributed by atoms with van der Waals surface area (Å²) in [5, 5.41) is 4.67. The molecule has 0 saturated heterocycles. The first-order valence-electron chi connectivity index (χ1n) is 8.98. The fourth-order valence-corrected chi connectivity index (χ4v) is 3.31. The Kier molecular flexibility index (Phi) is 4.39. The molecule has 2 heterocycles. The molecule has 0 aliphatic carbocycles. The van der Waals surface area contributed by atoms with Crippen LogP contribution in [0, 0.1) is 20.8 Å². The number of benzene rings is 2. The molecule has 6 nitrogen and oxygen atoms in total. The number of aromatic amines is 1. The smallest absolute Gasteiger partial charge is 0.339 e. The highest BCUT2D eigenvalue weighted by Gasteiger charge is 2.14. The van der Waals surface area contributed by atoms with Crippen molar-refractivity contribution in [2.24, 2.45) is 0 Å². The molecule has 0 aliphatic rings. The summed E-state index contributed by atoms with van der Waals surface area (Å²) in [6.07, 6.45) is 1.83. The zero-order valence-corrected chi connectivity index (χ0v) is 15.9. The van der Waals surface area contributed by atoms with Gasteiger partial charge in [0.1, 0.15) is 11.3 Å². The van der Waals surface area contributed by atoms with Crippen LogP contribution in [-0.4, -0.2) is 17.5 Å². The molecule has 0 atom stereocenters. The van der Waals surface area contributed by atoms with Crippen LogP contribution >= 0.6 is 0 Å². The van der Waals surface area contributed by atoms with E-state index in [0.717, 1.165) is 27.5 Å². The Morgan fingerprint density at radius 3 is 2.68 bits per heavy atom. The fourth-order valence-electron chi connectivity index (χ4n) is 3.31. The van der Waals surface area contributed by atoms with E-state index in [2.05, 4.69) is 10.3 Å². The molecule has 6 heteroatoms. The minimum atomic E-state index is -0.359. The van der Waals surface area contributed by atoms with Gasteiger partial charge in [-0.25, -0.2) is 4.79 Å². The molecule has 0 aliphatic heterocycles. The van der Waals surface area contributed by atoms with Crippen LogP contribution in [0.2, 0.25) is 0 Å². The van der Waals surface area contributed by atoms with Gasteiger partial charge in [0, 0.05) is 33.6 Å². The van der Waals surface area contributed by atoms with Gasteiger partial charge < -0.3 is 19.5 Å². The second kappa shape index (κ2) is 6.88. The van der Waals surface area contributed by atoms with Gasteiger partial charge in [0.15, 0.2) is 6.61 Å². The zero-order chi connectivity index (χ0) is 19.8. The molecular formula is C22H20N2O4. The SMILES string of the molecule is Cc1c(C)c2ccc(OCC(=O)Nc3cccc4[nH]ccc34)c(C)c2oc1=O. The van der Waals surface area contributed by atoms with E-state index in [1.54, 1.807) is 13.0 Å². The molecule has 0 saturated carbocycles. The van der Waals surface area contributed by atoms with Gasteiger partial charge in [-0.15, -0.1) is 0 Å². The van der Waals surface area contributed by atoms with Crippen molar-refractivity contribution in [3.63, 3.8) is 0 Å². The van der Waals surface area contributed by atoms with E-state index in [9.17, 15) is 9.59 Å². The van der Waals surface area contributed by atoms with Gasteiger partial charge in [0.2, 0.25) is 0 Å². The van der Waals surface area contributed by atoms with Gasteiger partial charge in [0.25, 0.3) is 5.91 Å². The summed E-state index contributed by atoms with van der Waals surface area (Å²) in [5.41, 5.74) is 3.98. The van der Waals surface area contributed by atoms with Crippen LogP contribution in [0.3, 0.4) is 0 Å². The highest BCUT2D eigenvalue weighted by molar-refractivity contribution is 6.01. The molecule has 2 N–H and O–H groups in total. The minimum absolute atomic E-state index is 0.151. The number of nitrogens with one attached hydrogen (secondary N) is 2. The van der Waals surface area contributed by atoms with E-state index in [-0.39, 0.29) is 18.1 Å². The molecule has 2 aromatic heterocycles. The van der Waals surface area contributed by atoms with Crippen LogP contribution in [-0.2, 0) is 4.79 Å². The van der Waals surface area contributed by atoms with E-state index in [4.69, 9.17) is 9.15 Å². The Morgan fingerprint density at radius 1 is 1.04 bits per heavy atom. The minimum Gasteiger partial charge on any atom is -0.483 e. The fraction of sp³-hybridized carbons (Fsp3) is 0.182. The number of amides is 1. The maximum atomic E-state index is 12.4. The highest BCUT2D eigenvalue weighted by Crippen LogP contribution is 2.29. The van der Waals surface area contributed by atoms with Crippen molar-refractivity contribution in [1.82, 2.24) is 4.98 Å². The van der Waals surface area contributed by atoms with Crippen molar-refractivity contribution < 1.29 is 13.9 Å². The summed E-state index contributed by atoms with van der Waals surface area (Å²) in [6, 6.07) is 11.2. The van der Waals surface area contributed by atoms with Crippen LogP contribution in [0.25, 0.3) is 21.9 Å². The van der Waals surface area contributed by atoms with Crippen LogP contribution < -0.4 is 15.7 Å². The lowest BCUT2D eigenvalue weighted by Gasteiger charge is -2.12. The Hall–Kier alpha value is -3.54. The molecule has 0 spiro atoms. The third-order valence-electron chi connectivity index (χ3n) is 5.05. The predicted molar refractivity (Wildman–Crippen MR) is 109 cm³/mol. The number of carbonyl (C=O) groups is 1. The number of aromatic nitrogens is 1. The monoisotopic (exact) mass is 376 g/mol. The summed E-state index contributed by atoms with van der Waals surface area (Å²) in [6.45, 7) is 5.30. The lowest BCUT2D eigenvalue weighted by molar-refractivity contribution is -0.118. The second-order valence-corrected chi connectivity index (χ2v) is 6.79. The van der Waals surface area contributed by atoms with Crippen LogP contribution in [0.4, 0.5) is 5.69 Å². The van der Waals surface area contributed by atoms with E-state index in [1.807, 2.05) is 50.4 Å². The van der Waals surface area contributed by atoms with E-state index >= 15 is 0 Å². The first kappa shape index (κ1) is 17.9. The van der Waals surface area contributed by atoms with Gasteiger partial charge in [-0.2, -0.15) is 0 Å². The van der Waals surface area contributed by atoms with Crippen molar-refractivity contribution in [2.45, 2.75) is 20.8 Å². The standard InChI is InChI=1S/C22H20N2O4/c1-12-13(2)22(26)28-21-14(3)19(8-7-15(12)21)27-11-20(25)24-18-6-4-5-17-16(18)9-10-23-17/h4-10,23H,11H2,1-3H3,(H,24,25). The Bertz CT molecular complexity index is 1270. The van der Waals surface area contributed by atoms with Crippen molar-refractivity contribution in [1.29, 1.82) is 0 Å². The first-order chi connectivity index (χ1) is 13.5. The molecule has 0 fully saturated rings. The van der Waals surface area contributed by atoms with E-state index < -0.39 is 0 Å². The number of hydrogen-bond acceptors (Lipinski definition) is 4. The average Bonchev–Trinajstić information content (AvgIpc) is 3.16. The lowest BCUT2D eigenvalue weighted by Crippen LogP contribution is -2.20. The number of hydrogen-bond donors (Lipinski definition) is 2. The van der Waals surface area contributed by atoms with Crippen molar-refractivity contribution in [3.05, 3.63) is 69.7 Å². The maximum absolute atomic E-state index is 12.4. The molecule has 0 bridgehead atoms. The van der Waals surface area contributed by atoms with Gasteiger partial charge >= 0.3 is 5.63 Å². The predicted octanol–water partition coefficient (Wildman–Crippen LogP) is 4.22. The summed E-state index contributed by atoms with van der Waals surface area (Å²) in [4.78, 5) is 27.5. The van der Waals surface area contributed by atoms with Gasteiger partial charge in [-0.3, -0.25) is 4.79 Å². The van der Waals surface area contributed by atoms with Crippen molar-refractivity contribution in [3.8, 4) is 5.75 Å². The molecule has 4 rings (SSSR count). The van der Waals surface area contributed by atoms with Gasteiger partial charge in [-0.05, 0) is 56.7 Å². The molecule has 0 unspecified atom stereocenters. The number of carbonyl (C=O) groups excluding carboxylic acids is 1. The normalized spacial score (nSPS) is 11.1. The van der Waals surface area contributed by atoms with Crippen molar-refractivity contribution in [2.75, 3.05) is 11.9 Å². The zero-order valence-electron chi connectivity index (χ0n) is 15.9. The largest absolute Gasteiger partial charge is 0.483 e. The topological polar surface area (TPSA) is 84.3 Å². The molecule has 0 radical (unpaired) electrons. The number of rotatable bonds is 4.